The minimum absolute atomic E-state index is 0.157. The highest BCUT2D eigenvalue weighted by Crippen LogP contribution is 2.57. The number of carbonyl (C=O) groups is 1. The fraction of sp³-hybridized carbons (Fsp3) is 0.824. The van der Waals surface area contributed by atoms with Crippen LogP contribution in [-0.2, 0) is 9.53 Å². The first-order chi connectivity index (χ1) is 9.00. The van der Waals surface area contributed by atoms with Gasteiger partial charge in [-0.3, -0.25) is 0 Å². The fourth-order valence-electron chi connectivity index (χ4n) is 4.95. The molecule has 0 spiro atoms. The van der Waals surface area contributed by atoms with Gasteiger partial charge in [-0.2, -0.15) is 0 Å². The zero-order valence-corrected chi connectivity index (χ0v) is 12.3. The summed E-state index contributed by atoms with van der Waals surface area (Å²) in [5, 5.41) is 0. The van der Waals surface area contributed by atoms with Gasteiger partial charge in [-0.25, -0.2) is 4.79 Å². The van der Waals surface area contributed by atoms with E-state index in [1.54, 1.807) is 6.92 Å². The highest BCUT2D eigenvalue weighted by molar-refractivity contribution is 5.87. The molecule has 3 fully saturated rings. The molecule has 0 aromatic carbocycles. The molecule has 3 aliphatic carbocycles. The van der Waals surface area contributed by atoms with Crippen LogP contribution in [-0.4, -0.2) is 11.6 Å². The van der Waals surface area contributed by atoms with Gasteiger partial charge >= 0.3 is 5.97 Å². The summed E-state index contributed by atoms with van der Waals surface area (Å²) in [5.74, 6) is 2.87. The van der Waals surface area contributed by atoms with Gasteiger partial charge < -0.3 is 4.74 Å². The number of ether oxygens (including phenoxy) is 1. The maximum atomic E-state index is 12.1. The minimum atomic E-state index is -0.170. The number of hydrogen-bond acceptors (Lipinski definition) is 2. The van der Waals surface area contributed by atoms with Gasteiger partial charge in [0, 0.05) is 11.5 Å². The third-order valence-corrected chi connectivity index (χ3v) is 5.81. The lowest BCUT2D eigenvalue weighted by Gasteiger charge is -2.40. The Hall–Kier alpha value is -0.790. The second kappa shape index (κ2) is 4.64. The number of esters is 1. The summed E-state index contributed by atoms with van der Waals surface area (Å²) in [6.07, 6.45) is 8.78. The summed E-state index contributed by atoms with van der Waals surface area (Å²) in [6, 6.07) is 0. The maximum Gasteiger partial charge on any atom is 0.333 e. The van der Waals surface area contributed by atoms with Gasteiger partial charge in [0.2, 0.25) is 0 Å². The van der Waals surface area contributed by atoms with Crippen LogP contribution >= 0.6 is 0 Å². The molecular formula is C17H26O2. The van der Waals surface area contributed by atoms with Crippen molar-refractivity contribution in [3.63, 3.8) is 0 Å². The van der Waals surface area contributed by atoms with Crippen LogP contribution in [0.25, 0.3) is 0 Å². The van der Waals surface area contributed by atoms with E-state index < -0.39 is 0 Å². The zero-order valence-electron chi connectivity index (χ0n) is 12.3. The average Bonchev–Trinajstić information content (AvgIpc) is 3.04. The normalized spacial score (nSPS) is 44.5. The van der Waals surface area contributed by atoms with E-state index in [9.17, 15) is 4.79 Å². The molecule has 5 unspecified atom stereocenters. The van der Waals surface area contributed by atoms with Gasteiger partial charge in [-0.05, 0) is 63.2 Å². The van der Waals surface area contributed by atoms with E-state index in [0.29, 0.717) is 17.4 Å². The quantitative estimate of drug-likeness (QED) is 0.565. The Labute approximate surface area is 116 Å². The molecule has 0 amide bonds. The second-order valence-electron chi connectivity index (χ2n) is 7.36. The van der Waals surface area contributed by atoms with Crippen molar-refractivity contribution in [3.8, 4) is 0 Å². The Morgan fingerprint density at radius 1 is 1.26 bits per heavy atom. The fourth-order valence-corrected chi connectivity index (χ4v) is 4.95. The lowest BCUT2D eigenvalue weighted by Crippen LogP contribution is -2.43. The summed E-state index contributed by atoms with van der Waals surface area (Å²) in [4.78, 5) is 12.1. The van der Waals surface area contributed by atoms with Gasteiger partial charge in [0.25, 0.3) is 0 Å². The maximum absolute atomic E-state index is 12.1. The number of rotatable bonds is 3. The van der Waals surface area contributed by atoms with E-state index in [4.69, 9.17) is 4.74 Å². The molecule has 0 aliphatic heterocycles. The molecular weight excluding hydrogens is 236 g/mol. The lowest BCUT2D eigenvalue weighted by molar-refractivity contribution is -0.163. The van der Waals surface area contributed by atoms with E-state index in [1.807, 2.05) is 0 Å². The monoisotopic (exact) mass is 262 g/mol. The molecule has 0 aromatic heterocycles. The number of hydrogen-bond donors (Lipinski definition) is 0. The lowest BCUT2D eigenvalue weighted by atomic mass is 9.74. The number of fused-ring (bicyclic) bond motifs is 2. The summed E-state index contributed by atoms with van der Waals surface area (Å²) < 4.78 is 6.03. The molecule has 3 aliphatic rings. The first kappa shape index (κ1) is 13.2. The van der Waals surface area contributed by atoms with E-state index in [0.717, 1.165) is 24.7 Å². The van der Waals surface area contributed by atoms with Gasteiger partial charge in [0.15, 0.2) is 0 Å². The molecule has 0 radical (unpaired) electrons. The van der Waals surface area contributed by atoms with Crippen LogP contribution in [0.15, 0.2) is 12.2 Å². The average molecular weight is 262 g/mol. The van der Waals surface area contributed by atoms with Crippen LogP contribution < -0.4 is 0 Å². The molecule has 0 N–H and O–H groups in total. The van der Waals surface area contributed by atoms with E-state index in [1.165, 1.54) is 32.1 Å². The SMILES string of the molecule is C=C(C)C(=O)OC1(C2CC3CCC2C3)CCC(C)C1. The van der Waals surface area contributed by atoms with Crippen molar-refractivity contribution in [3.05, 3.63) is 12.2 Å². The smallest absolute Gasteiger partial charge is 0.333 e. The van der Waals surface area contributed by atoms with Crippen molar-refractivity contribution in [1.29, 1.82) is 0 Å². The van der Waals surface area contributed by atoms with Crippen molar-refractivity contribution in [2.24, 2.45) is 23.7 Å². The first-order valence-electron chi connectivity index (χ1n) is 7.89. The van der Waals surface area contributed by atoms with Gasteiger partial charge in [0.05, 0.1) is 0 Å². The molecule has 19 heavy (non-hydrogen) atoms. The molecule has 0 saturated heterocycles. The standard InChI is InChI=1S/C17H26O2/c1-11(2)16(18)19-17(7-6-12(3)10-17)15-9-13-4-5-14(15)8-13/h12-15H,1,4-10H2,2-3H3. The van der Waals surface area contributed by atoms with Crippen molar-refractivity contribution >= 4 is 5.97 Å². The topological polar surface area (TPSA) is 26.3 Å². The minimum Gasteiger partial charge on any atom is -0.455 e. The molecule has 2 heteroatoms. The third-order valence-electron chi connectivity index (χ3n) is 5.81. The van der Waals surface area contributed by atoms with Crippen molar-refractivity contribution < 1.29 is 9.53 Å². The van der Waals surface area contributed by atoms with Gasteiger partial charge in [-0.15, -0.1) is 0 Å². The summed E-state index contributed by atoms with van der Waals surface area (Å²) in [6.45, 7) is 7.80. The van der Waals surface area contributed by atoms with Crippen molar-refractivity contribution in [2.75, 3.05) is 0 Å². The van der Waals surface area contributed by atoms with E-state index >= 15 is 0 Å². The molecule has 106 valence electrons. The molecule has 2 nitrogen and oxygen atoms in total. The van der Waals surface area contributed by atoms with Crippen LogP contribution in [0.4, 0.5) is 0 Å². The Morgan fingerprint density at radius 3 is 2.53 bits per heavy atom. The summed E-state index contributed by atoms with van der Waals surface area (Å²) in [7, 11) is 0. The Morgan fingerprint density at radius 2 is 2.05 bits per heavy atom. The van der Waals surface area contributed by atoms with Crippen LogP contribution in [0, 0.1) is 23.7 Å². The van der Waals surface area contributed by atoms with Crippen LogP contribution in [0.3, 0.4) is 0 Å². The molecule has 2 bridgehead atoms. The Kier molecular flexibility index (Phi) is 3.23. The molecule has 5 atom stereocenters. The van der Waals surface area contributed by atoms with Crippen LogP contribution in [0.2, 0.25) is 0 Å². The second-order valence-corrected chi connectivity index (χ2v) is 7.36. The van der Waals surface area contributed by atoms with Crippen LogP contribution in [0.5, 0.6) is 0 Å². The molecule has 0 aromatic rings. The van der Waals surface area contributed by atoms with E-state index in [2.05, 4.69) is 13.5 Å². The molecule has 3 rings (SSSR count). The van der Waals surface area contributed by atoms with E-state index in [-0.39, 0.29) is 11.6 Å². The largest absolute Gasteiger partial charge is 0.455 e. The van der Waals surface area contributed by atoms with Crippen molar-refractivity contribution in [2.45, 2.75) is 64.4 Å². The van der Waals surface area contributed by atoms with Crippen molar-refractivity contribution in [1.82, 2.24) is 0 Å². The van der Waals surface area contributed by atoms with Gasteiger partial charge in [-0.1, -0.05) is 19.9 Å². The molecule has 0 heterocycles. The Balaban J connectivity index is 1.81. The highest BCUT2D eigenvalue weighted by Gasteiger charge is 2.54. The van der Waals surface area contributed by atoms with Crippen LogP contribution in [0.1, 0.15) is 58.8 Å². The van der Waals surface area contributed by atoms with Gasteiger partial charge in [0.1, 0.15) is 5.60 Å². The summed E-state index contributed by atoms with van der Waals surface area (Å²) in [5.41, 5.74) is 0.386. The Bertz CT molecular complexity index is 400. The first-order valence-corrected chi connectivity index (χ1v) is 7.89. The predicted molar refractivity (Wildman–Crippen MR) is 75.6 cm³/mol. The third kappa shape index (κ3) is 2.23. The highest BCUT2D eigenvalue weighted by atomic mass is 16.6. The number of carbonyl (C=O) groups excluding carboxylic acids is 1. The summed E-state index contributed by atoms with van der Waals surface area (Å²) >= 11 is 0. The predicted octanol–water partition coefficient (Wildman–Crippen LogP) is 4.10. The molecule has 3 saturated carbocycles. The zero-order chi connectivity index (χ0) is 13.6.